The van der Waals surface area contributed by atoms with Gasteiger partial charge in [-0.15, -0.1) is 0 Å². The fourth-order valence-corrected chi connectivity index (χ4v) is 1.53. The van der Waals surface area contributed by atoms with Crippen molar-refractivity contribution in [3.63, 3.8) is 0 Å². The lowest BCUT2D eigenvalue weighted by atomic mass is 10.1. The average molecular weight is 263 g/mol. The SMILES string of the molecule is COCc1nc2cc(NC(=O)C(C)(C)N)ccc2o1. The second-order valence-electron chi connectivity index (χ2n) is 4.90. The zero-order chi connectivity index (χ0) is 14.0. The van der Waals surface area contributed by atoms with E-state index in [2.05, 4.69) is 10.3 Å². The van der Waals surface area contributed by atoms with E-state index in [1.165, 1.54) is 0 Å². The number of aromatic nitrogens is 1. The van der Waals surface area contributed by atoms with Crippen LogP contribution in [0.4, 0.5) is 5.69 Å². The fraction of sp³-hybridized carbons (Fsp3) is 0.385. The van der Waals surface area contributed by atoms with Crippen LogP contribution in [0.1, 0.15) is 19.7 Å². The molecule has 0 bridgehead atoms. The zero-order valence-electron chi connectivity index (χ0n) is 11.2. The van der Waals surface area contributed by atoms with E-state index in [0.29, 0.717) is 29.3 Å². The largest absolute Gasteiger partial charge is 0.438 e. The van der Waals surface area contributed by atoms with E-state index < -0.39 is 5.54 Å². The Labute approximate surface area is 110 Å². The Bertz CT molecular complexity index is 599. The first kappa shape index (κ1) is 13.5. The van der Waals surface area contributed by atoms with Gasteiger partial charge in [-0.1, -0.05) is 0 Å². The summed E-state index contributed by atoms with van der Waals surface area (Å²) in [5.74, 6) is 0.243. The summed E-state index contributed by atoms with van der Waals surface area (Å²) in [7, 11) is 1.57. The summed E-state index contributed by atoms with van der Waals surface area (Å²) >= 11 is 0. The van der Waals surface area contributed by atoms with Gasteiger partial charge in [-0.3, -0.25) is 4.79 Å². The number of methoxy groups -OCH3 is 1. The molecule has 1 heterocycles. The molecular weight excluding hydrogens is 246 g/mol. The van der Waals surface area contributed by atoms with E-state index in [0.717, 1.165) is 0 Å². The molecule has 19 heavy (non-hydrogen) atoms. The number of nitrogens with one attached hydrogen (secondary N) is 1. The molecule has 3 N–H and O–H groups in total. The maximum atomic E-state index is 11.8. The van der Waals surface area contributed by atoms with Crippen LogP contribution in [0.15, 0.2) is 22.6 Å². The van der Waals surface area contributed by atoms with Crippen LogP contribution in [0, 0.1) is 0 Å². The topological polar surface area (TPSA) is 90.4 Å². The van der Waals surface area contributed by atoms with Gasteiger partial charge in [-0.05, 0) is 32.0 Å². The van der Waals surface area contributed by atoms with E-state index in [1.807, 2.05) is 0 Å². The van der Waals surface area contributed by atoms with Crippen LogP contribution >= 0.6 is 0 Å². The van der Waals surface area contributed by atoms with E-state index in [-0.39, 0.29) is 5.91 Å². The molecule has 6 heteroatoms. The number of hydrogen-bond acceptors (Lipinski definition) is 5. The summed E-state index contributed by atoms with van der Waals surface area (Å²) in [5.41, 5.74) is 6.74. The van der Waals surface area contributed by atoms with Crippen LogP contribution in [0.25, 0.3) is 11.1 Å². The van der Waals surface area contributed by atoms with E-state index in [4.69, 9.17) is 14.9 Å². The van der Waals surface area contributed by atoms with E-state index in [9.17, 15) is 4.79 Å². The number of benzene rings is 1. The van der Waals surface area contributed by atoms with Gasteiger partial charge in [-0.2, -0.15) is 0 Å². The van der Waals surface area contributed by atoms with Crippen LogP contribution in [0.5, 0.6) is 0 Å². The third-order valence-electron chi connectivity index (χ3n) is 2.54. The van der Waals surface area contributed by atoms with Gasteiger partial charge in [-0.25, -0.2) is 4.98 Å². The Morgan fingerprint density at radius 1 is 1.53 bits per heavy atom. The van der Waals surface area contributed by atoms with Crippen molar-refractivity contribution in [2.75, 3.05) is 12.4 Å². The number of nitrogens with two attached hydrogens (primary N) is 1. The van der Waals surface area contributed by atoms with Gasteiger partial charge in [0.15, 0.2) is 5.58 Å². The first-order chi connectivity index (χ1) is 8.90. The normalized spacial score (nSPS) is 11.8. The smallest absolute Gasteiger partial charge is 0.243 e. The number of rotatable bonds is 4. The Morgan fingerprint density at radius 2 is 2.26 bits per heavy atom. The van der Waals surface area contributed by atoms with Gasteiger partial charge in [0.05, 0.1) is 5.54 Å². The third-order valence-corrected chi connectivity index (χ3v) is 2.54. The molecule has 1 aromatic heterocycles. The molecule has 0 atom stereocenters. The van der Waals surface area contributed by atoms with E-state index in [1.54, 1.807) is 39.2 Å². The van der Waals surface area contributed by atoms with Gasteiger partial charge in [0.25, 0.3) is 0 Å². The molecule has 6 nitrogen and oxygen atoms in total. The highest BCUT2D eigenvalue weighted by molar-refractivity contribution is 5.98. The lowest BCUT2D eigenvalue weighted by Crippen LogP contribution is -2.45. The quantitative estimate of drug-likeness (QED) is 0.875. The van der Waals surface area contributed by atoms with Crippen molar-refractivity contribution >= 4 is 22.7 Å². The Morgan fingerprint density at radius 3 is 2.89 bits per heavy atom. The highest BCUT2D eigenvalue weighted by atomic mass is 16.5. The van der Waals surface area contributed by atoms with Crippen molar-refractivity contribution in [1.82, 2.24) is 4.98 Å². The molecule has 1 amide bonds. The average Bonchev–Trinajstić information content (AvgIpc) is 2.69. The second-order valence-corrected chi connectivity index (χ2v) is 4.90. The Kier molecular flexibility index (Phi) is 3.55. The fourth-order valence-electron chi connectivity index (χ4n) is 1.53. The standard InChI is InChI=1S/C13H17N3O3/c1-13(2,14)12(17)15-8-4-5-10-9(6-8)16-11(19-10)7-18-3/h4-6H,7,14H2,1-3H3,(H,15,17). The van der Waals surface area contributed by atoms with Crippen LogP contribution in [0.3, 0.4) is 0 Å². The minimum atomic E-state index is -0.931. The Balaban J connectivity index is 2.24. The molecule has 2 rings (SSSR count). The number of carbonyl (C=O) groups is 1. The molecule has 1 aromatic carbocycles. The molecule has 0 radical (unpaired) electrons. The lowest BCUT2D eigenvalue weighted by molar-refractivity contribution is -0.120. The molecule has 0 aliphatic heterocycles. The summed E-state index contributed by atoms with van der Waals surface area (Å²) in [6.07, 6.45) is 0. The predicted octanol–water partition coefficient (Wildman–Crippen LogP) is 1.65. The molecule has 2 aromatic rings. The summed E-state index contributed by atoms with van der Waals surface area (Å²) in [6.45, 7) is 3.60. The predicted molar refractivity (Wildman–Crippen MR) is 71.6 cm³/mol. The first-order valence-electron chi connectivity index (χ1n) is 5.89. The summed E-state index contributed by atoms with van der Waals surface area (Å²) < 4.78 is 10.4. The first-order valence-corrected chi connectivity index (χ1v) is 5.89. The third kappa shape index (κ3) is 3.10. The van der Waals surface area contributed by atoms with Crippen molar-refractivity contribution in [2.24, 2.45) is 5.73 Å². The van der Waals surface area contributed by atoms with E-state index >= 15 is 0 Å². The molecule has 0 fully saturated rings. The van der Waals surface area contributed by atoms with Crippen LogP contribution in [0.2, 0.25) is 0 Å². The number of hydrogen-bond donors (Lipinski definition) is 2. The van der Waals surface area contributed by atoms with Crippen molar-refractivity contribution < 1.29 is 13.9 Å². The zero-order valence-corrected chi connectivity index (χ0v) is 11.2. The minimum absolute atomic E-state index is 0.257. The number of amides is 1. The maximum Gasteiger partial charge on any atom is 0.243 e. The number of ether oxygens (including phenoxy) is 1. The minimum Gasteiger partial charge on any atom is -0.438 e. The van der Waals surface area contributed by atoms with Gasteiger partial charge >= 0.3 is 0 Å². The molecule has 102 valence electrons. The number of anilines is 1. The highest BCUT2D eigenvalue weighted by Gasteiger charge is 2.22. The van der Waals surface area contributed by atoms with Gasteiger partial charge in [0, 0.05) is 12.8 Å². The van der Waals surface area contributed by atoms with Crippen LogP contribution < -0.4 is 11.1 Å². The molecule has 0 aliphatic rings. The second kappa shape index (κ2) is 4.99. The lowest BCUT2D eigenvalue weighted by Gasteiger charge is -2.17. The van der Waals surface area contributed by atoms with Gasteiger partial charge in [0.1, 0.15) is 12.1 Å². The van der Waals surface area contributed by atoms with Crippen LogP contribution in [-0.2, 0) is 16.1 Å². The number of nitrogens with zero attached hydrogens (tertiary/aromatic N) is 1. The number of oxazole rings is 1. The van der Waals surface area contributed by atoms with Crippen molar-refractivity contribution in [3.8, 4) is 0 Å². The van der Waals surface area contributed by atoms with Gasteiger partial charge < -0.3 is 20.2 Å². The van der Waals surface area contributed by atoms with Crippen molar-refractivity contribution in [3.05, 3.63) is 24.1 Å². The molecular formula is C13H17N3O3. The molecule has 0 saturated carbocycles. The molecule has 0 spiro atoms. The number of carbonyl (C=O) groups excluding carboxylic acids is 1. The van der Waals surface area contributed by atoms with Crippen molar-refractivity contribution in [1.29, 1.82) is 0 Å². The number of fused-ring (bicyclic) bond motifs is 1. The van der Waals surface area contributed by atoms with Crippen LogP contribution in [-0.4, -0.2) is 23.5 Å². The summed E-state index contributed by atoms with van der Waals surface area (Å²) in [6, 6.07) is 5.23. The molecule has 0 unspecified atom stereocenters. The monoisotopic (exact) mass is 263 g/mol. The maximum absolute atomic E-state index is 11.8. The molecule has 0 saturated heterocycles. The van der Waals surface area contributed by atoms with Crippen molar-refractivity contribution in [2.45, 2.75) is 26.0 Å². The highest BCUT2D eigenvalue weighted by Crippen LogP contribution is 2.21. The summed E-state index contributed by atoms with van der Waals surface area (Å²) in [5, 5.41) is 2.74. The summed E-state index contributed by atoms with van der Waals surface area (Å²) in [4.78, 5) is 16.0. The molecule has 0 aliphatic carbocycles. The van der Waals surface area contributed by atoms with Gasteiger partial charge in [0.2, 0.25) is 11.8 Å². The Hall–Kier alpha value is -1.92.